The quantitative estimate of drug-likeness (QED) is 0.824. The molecule has 0 unspecified atom stereocenters. The van der Waals surface area contributed by atoms with Gasteiger partial charge in [-0.05, 0) is 12.1 Å². The fourth-order valence-corrected chi connectivity index (χ4v) is 2.19. The van der Waals surface area contributed by atoms with Gasteiger partial charge >= 0.3 is 0 Å². The molecule has 2 nitrogen and oxygen atoms in total. The standard InChI is InChI=1S/C15H12F4O2/c1-15(2,7-3-5-9(20)13(18)11(7)16)8-4-6-10(21)14(19)12(8)17/h3-6,20-21H,1-2H3. The summed E-state index contributed by atoms with van der Waals surface area (Å²) in [6.07, 6.45) is 0. The van der Waals surface area contributed by atoms with Crippen LogP contribution in [0.5, 0.6) is 11.5 Å². The van der Waals surface area contributed by atoms with Crippen molar-refractivity contribution in [2.45, 2.75) is 19.3 Å². The van der Waals surface area contributed by atoms with Crippen molar-refractivity contribution in [3.05, 3.63) is 58.7 Å². The normalized spacial score (nSPS) is 11.7. The predicted molar refractivity (Wildman–Crippen MR) is 68.2 cm³/mol. The second-order valence-electron chi connectivity index (χ2n) is 5.15. The zero-order chi connectivity index (χ0) is 15.9. The fourth-order valence-electron chi connectivity index (χ4n) is 2.19. The fraction of sp³-hybridized carbons (Fsp3) is 0.200. The molecule has 6 heteroatoms. The Labute approximate surface area is 118 Å². The van der Waals surface area contributed by atoms with E-state index in [-0.39, 0.29) is 11.1 Å². The van der Waals surface area contributed by atoms with E-state index in [4.69, 9.17) is 10.2 Å². The minimum absolute atomic E-state index is 0.248. The molecule has 0 atom stereocenters. The molecule has 0 spiro atoms. The lowest BCUT2D eigenvalue weighted by Crippen LogP contribution is -2.23. The van der Waals surface area contributed by atoms with E-state index in [9.17, 15) is 17.6 Å². The molecule has 0 saturated carbocycles. The Bertz CT molecular complexity index is 652. The highest BCUT2D eigenvalue weighted by Crippen LogP contribution is 2.38. The van der Waals surface area contributed by atoms with Crippen LogP contribution in [0.25, 0.3) is 0 Å². The third kappa shape index (κ3) is 2.30. The molecule has 0 amide bonds. The lowest BCUT2D eigenvalue weighted by Gasteiger charge is -2.27. The van der Waals surface area contributed by atoms with Crippen LogP contribution in [-0.4, -0.2) is 10.2 Å². The van der Waals surface area contributed by atoms with E-state index < -0.39 is 40.2 Å². The first-order valence-electron chi connectivity index (χ1n) is 6.02. The Morgan fingerprint density at radius 3 is 1.33 bits per heavy atom. The zero-order valence-corrected chi connectivity index (χ0v) is 11.2. The number of benzene rings is 2. The first-order valence-corrected chi connectivity index (χ1v) is 6.02. The molecule has 0 saturated heterocycles. The molecule has 0 aliphatic heterocycles. The van der Waals surface area contributed by atoms with Crippen LogP contribution in [0.4, 0.5) is 17.6 Å². The average Bonchev–Trinajstić information content (AvgIpc) is 2.41. The lowest BCUT2D eigenvalue weighted by molar-refractivity contribution is 0.388. The predicted octanol–water partition coefficient (Wildman–Crippen LogP) is 3.98. The van der Waals surface area contributed by atoms with Crippen LogP contribution in [0.2, 0.25) is 0 Å². The molecule has 0 aliphatic rings. The molecule has 2 aromatic rings. The third-order valence-corrected chi connectivity index (χ3v) is 3.47. The van der Waals surface area contributed by atoms with Crippen molar-refractivity contribution in [3.63, 3.8) is 0 Å². The van der Waals surface area contributed by atoms with Gasteiger partial charge in [-0.15, -0.1) is 0 Å². The van der Waals surface area contributed by atoms with Crippen LogP contribution in [0.1, 0.15) is 25.0 Å². The van der Waals surface area contributed by atoms with E-state index >= 15 is 0 Å². The SMILES string of the molecule is CC(C)(c1ccc(O)c(F)c1F)c1ccc(O)c(F)c1F. The van der Waals surface area contributed by atoms with Gasteiger partial charge in [0.1, 0.15) is 0 Å². The van der Waals surface area contributed by atoms with E-state index in [0.717, 1.165) is 24.3 Å². The number of hydrogen-bond donors (Lipinski definition) is 2. The number of halogens is 4. The summed E-state index contributed by atoms with van der Waals surface area (Å²) < 4.78 is 54.8. The first kappa shape index (κ1) is 15.2. The topological polar surface area (TPSA) is 40.5 Å². The molecule has 2 aromatic carbocycles. The number of phenolic OH excluding ortho intramolecular Hbond substituents is 2. The van der Waals surface area contributed by atoms with Crippen molar-refractivity contribution >= 4 is 0 Å². The maximum atomic E-state index is 14.0. The van der Waals surface area contributed by atoms with E-state index in [1.165, 1.54) is 13.8 Å². The van der Waals surface area contributed by atoms with Gasteiger partial charge in [-0.1, -0.05) is 26.0 Å². The molecule has 0 radical (unpaired) electrons. The number of phenols is 2. The van der Waals surface area contributed by atoms with E-state index in [2.05, 4.69) is 0 Å². The van der Waals surface area contributed by atoms with Gasteiger partial charge in [0, 0.05) is 16.5 Å². The largest absolute Gasteiger partial charge is 0.505 e. The summed E-state index contributed by atoms with van der Waals surface area (Å²) in [5, 5.41) is 18.2. The van der Waals surface area contributed by atoms with Crippen molar-refractivity contribution in [2.24, 2.45) is 0 Å². The summed E-state index contributed by atoms with van der Waals surface area (Å²) >= 11 is 0. The summed E-state index contributed by atoms with van der Waals surface area (Å²) in [7, 11) is 0. The molecule has 0 aromatic heterocycles. The van der Waals surface area contributed by atoms with E-state index in [1.807, 2.05) is 0 Å². The lowest BCUT2D eigenvalue weighted by atomic mass is 9.77. The molecule has 0 fully saturated rings. The van der Waals surface area contributed by atoms with Crippen molar-refractivity contribution in [1.29, 1.82) is 0 Å². The maximum Gasteiger partial charge on any atom is 0.200 e. The highest BCUT2D eigenvalue weighted by molar-refractivity contribution is 5.44. The Kier molecular flexibility index (Phi) is 3.57. The Hall–Kier alpha value is -2.24. The summed E-state index contributed by atoms with van der Waals surface area (Å²) in [5.74, 6) is -7.34. The molecule has 0 aliphatic carbocycles. The summed E-state index contributed by atoms with van der Waals surface area (Å²) in [5.41, 5.74) is -1.92. The Morgan fingerprint density at radius 1 is 0.667 bits per heavy atom. The smallest absolute Gasteiger partial charge is 0.200 e. The second kappa shape index (κ2) is 4.95. The number of rotatable bonds is 2. The van der Waals surface area contributed by atoms with Crippen LogP contribution in [0.15, 0.2) is 24.3 Å². The summed E-state index contributed by atoms with van der Waals surface area (Å²) in [4.78, 5) is 0. The average molecular weight is 300 g/mol. The van der Waals surface area contributed by atoms with Crippen molar-refractivity contribution in [2.75, 3.05) is 0 Å². The van der Waals surface area contributed by atoms with E-state index in [1.54, 1.807) is 0 Å². The first-order chi connectivity index (χ1) is 9.67. The van der Waals surface area contributed by atoms with Crippen molar-refractivity contribution < 1.29 is 27.8 Å². The number of aromatic hydroxyl groups is 2. The molecule has 2 rings (SSSR count). The summed E-state index contributed by atoms with van der Waals surface area (Å²) in [6.45, 7) is 2.74. The number of hydrogen-bond acceptors (Lipinski definition) is 2. The van der Waals surface area contributed by atoms with Gasteiger partial charge in [0.25, 0.3) is 0 Å². The van der Waals surface area contributed by atoms with Gasteiger partial charge in [-0.2, -0.15) is 8.78 Å². The molecular formula is C15H12F4O2. The molecule has 2 N–H and O–H groups in total. The Balaban J connectivity index is 2.68. The summed E-state index contributed by atoms with van der Waals surface area (Å²) in [6, 6.07) is 4.06. The van der Waals surface area contributed by atoms with Crippen molar-refractivity contribution in [1.82, 2.24) is 0 Å². The van der Waals surface area contributed by atoms with Gasteiger partial charge < -0.3 is 10.2 Å². The minimum Gasteiger partial charge on any atom is -0.505 e. The van der Waals surface area contributed by atoms with Gasteiger partial charge in [0.15, 0.2) is 23.1 Å². The highest BCUT2D eigenvalue weighted by Gasteiger charge is 2.33. The highest BCUT2D eigenvalue weighted by atomic mass is 19.2. The van der Waals surface area contributed by atoms with Crippen molar-refractivity contribution in [3.8, 4) is 11.5 Å². The van der Waals surface area contributed by atoms with Gasteiger partial charge in [0.2, 0.25) is 11.6 Å². The minimum atomic E-state index is -1.46. The molecule has 112 valence electrons. The molecular weight excluding hydrogens is 288 g/mol. The van der Waals surface area contributed by atoms with Crippen LogP contribution in [0, 0.1) is 23.3 Å². The van der Waals surface area contributed by atoms with Gasteiger partial charge in [-0.25, -0.2) is 8.78 Å². The molecule has 0 heterocycles. The molecule has 21 heavy (non-hydrogen) atoms. The maximum absolute atomic E-state index is 14.0. The van der Waals surface area contributed by atoms with E-state index in [0.29, 0.717) is 0 Å². The Morgan fingerprint density at radius 2 is 1.00 bits per heavy atom. The third-order valence-electron chi connectivity index (χ3n) is 3.47. The monoisotopic (exact) mass is 300 g/mol. The van der Waals surface area contributed by atoms with Crippen LogP contribution in [-0.2, 0) is 5.41 Å². The zero-order valence-electron chi connectivity index (χ0n) is 11.2. The van der Waals surface area contributed by atoms with Crippen LogP contribution >= 0.6 is 0 Å². The van der Waals surface area contributed by atoms with Crippen LogP contribution < -0.4 is 0 Å². The van der Waals surface area contributed by atoms with Gasteiger partial charge in [0.05, 0.1) is 0 Å². The second-order valence-corrected chi connectivity index (χ2v) is 5.15. The van der Waals surface area contributed by atoms with Crippen LogP contribution in [0.3, 0.4) is 0 Å². The van der Waals surface area contributed by atoms with Gasteiger partial charge in [-0.3, -0.25) is 0 Å². The molecule has 0 bridgehead atoms.